The lowest BCUT2D eigenvalue weighted by Gasteiger charge is -2.27. The van der Waals surface area contributed by atoms with Crippen LogP contribution >= 0.6 is 0 Å². The normalized spacial score (nSPS) is 35.4. The van der Waals surface area contributed by atoms with Crippen LogP contribution in [-0.4, -0.2) is 40.7 Å². The van der Waals surface area contributed by atoms with Crippen molar-refractivity contribution < 1.29 is 29.0 Å². The largest absolute Gasteiger partial charge is 0.427 e. The number of hydrogen-bond acceptors (Lipinski definition) is 6. The zero-order valence-electron chi connectivity index (χ0n) is 13.8. The topological polar surface area (TPSA) is 93.1 Å². The number of hydrogen-bond donors (Lipinski definition) is 1. The number of aliphatic hydroxyl groups excluding tert-OH is 1. The molecule has 1 aromatic rings. The van der Waals surface area contributed by atoms with Crippen LogP contribution in [0.3, 0.4) is 0 Å². The first-order chi connectivity index (χ1) is 11.8. The summed E-state index contributed by atoms with van der Waals surface area (Å²) in [6.07, 6.45) is 3.42. The van der Waals surface area contributed by atoms with Gasteiger partial charge >= 0.3 is 5.97 Å². The van der Waals surface area contributed by atoms with Crippen molar-refractivity contribution in [3.05, 3.63) is 36.4 Å². The highest BCUT2D eigenvalue weighted by atomic mass is 16.5. The minimum atomic E-state index is -1.16. The Morgan fingerprint density at radius 2 is 2.00 bits per heavy atom. The van der Waals surface area contributed by atoms with E-state index in [1.807, 2.05) is 0 Å². The summed E-state index contributed by atoms with van der Waals surface area (Å²) in [6, 6.07) is 6.26. The third kappa shape index (κ3) is 2.03. The van der Waals surface area contributed by atoms with E-state index < -0.39 is 34.9 Å². The van der Waals surface area contributed by atoms with Crippen LogP contribution in [0.5, 0.6) is 5.75 Å². The van der Waals surface area contributed by atoms with Gasteiger partial charge in [0.25, 0.3) is 0 Å². The van der Waals surface area contributed by atoms with Crippen molar-refractivity contribution in [1.29, 1.82) is 0 Å². The SMILES string of the molecule is CC(=O)Oc1cccc(N2C(=O)[C@@H]3[C@H](C2=O)[C@@]2(C)C=C[C@@]3(CO)O2)c1. The zero-order valence-corrected chi connectivity index (χ0v) is 13.8. The molecule has 0 aromatic heterocycles. The van der Waals surface area contributed by atoms with Crippen LogP contribution in [0.25, 0.3) is 0 Å². The fourth-order valence-electron chi connectivity index (χ4n) is 4.15. The number of esters is 1. The van der Waals surface area contributed by atoms with Gasteiger partial charge in [0.05, 0.1) is 29.7 Å². The lowest BCUT2D eigenvalue weighted by molar-refractivity contribution is -0.132. The number of benzene rings is 1. The molecule has 2 fully saturated rings. The molecule has 3 aliphatic heterocycles. The van der Waals surface area contributed by atoms with Gasteiger partial charge in [-0.2, -0.15) is 0 Å². The molecule has 3 aliphatic rings. The Hall–Kier alpha value is -2.51. The van der Waals surface area contributed by atoms with E-state index in [1.54, 1.807) is 37.3 Å². The molecular weight excluding hydrogens is 326 g/mol. The van der Waals surface area contributed by atoms with E-state index in [0.717, 1.165) is 4.90 Å². The number of carbonyl (C=O) groups excluding carboxylic acids is 3. The Balaban J connectivity index is 1.74. The molecule has 2 saturated heterocycles. The molecule has 25 heavy (non-hydrogen) atoms. The smallest absolute Gasteiger partial charge is 0.308 e. The average molecular weight is 343 g/mol. The Morgan fingerprint density at radius 1 is 1.28 bits per heavy atom. The van der Waals surface area contributed by atoms with Gasteiger partial charge in [0.1, 0.15) is 11.4 Å². The molecule has 0 saturated carbocycles. The van der Waals surface area contributed by atoms with Crippen molar-refractivity contribution in [2.24, 2.45) is 11.8 Å². The number of anilines is 1. The number of carbonyl (C=O) groups is 3. The molecule has 7 heteroatoms. The van der Waals surface area contributed by atoms with Crippen molar-refractivity contribution in [3.8, 4) is 5.75 Å². The molecule has 2 amide bonds. The average Bonchev–Trinajstić information content (AvgIpc) is 3.13. The Bertz CT molecular complexity index is 833. The predicted octanol–water partition coefficient (Wildman–Crippen LogP) is 0.807. The standard InChI is InChI=1S/C18H17NO6/c1-10(21)24-12-5-3-4-11(8-12)19-15(22)13-14(16(19)23)18(9-20)7-6-17(13,2)25-18/h3-8,13-14,20H,9H2,1-2H3/t13-,14+,17-,18+/m1/s1. The van der Waals surface area contributed by atoms with Crippen molar-refractivity contribution in [3.63, 3.8) is 0 Å². The maximum Gasteiger partial charge on any atom is 0.308 e. The molecule has 3 heterocycles. The van der Waals surface area contributed by atoms with E-state index in [-0.39, 0.29) is 18.3 Å². The van der Waals surface area contributed by atoms with Crippen LogP contribution in [0, 0.1) is 11.8 Å². The van der Waals surface area contributed by atoms with E-state index in [4.69, 9.17) is 9.47 Å². The van der Waals surface area contributed by atoms with Gasteiger partial charge in [0.15, 0.2) is 0 Å². The van der Waals surface area contributed by atoms with Crippen LogP contribution in [0.4, 0.5) is 5.69 Å². The quantitative estimate of drug-likeness (QED) is 0.378. The fraction of sp³-hybridized carbons (Fsp3) is 0.389. The monoisotopic (exact) mass is 343 g/mol. The van der Waals surface area contributed by atoms with Crippen LogP contribution < -0.4 is 9.64 Å². The van der Waals surface area contributed by atoms with Crippen LogP contribution in [0.1, 0.15) is 13.8 Å². The Kier molecular flexibility index (Phi) is 3.20. The second kappa shape index (κ2) is 5.00. The Labute approximate surface area is 143 Å². The van der Waals surface area contributed by atoms with Gasteiger partial charge in [-0.05, 0) is 19.1 Å². The highest BCUT2D eigenvalue weighted by Gasteiger charge is 2.72. The van der Waals surface area contributed by atoms with Crippen LogP contribution in [0.2, 0.25) is 0 Å². The summed E-state index contributed by atoms with van der Waals surface area (Å²) in [7, 11) is 0. The van der Waals surface area contributed by atoms with Gasteiger partial charge in [0, 0.05) is 13.0 Å². The first-order valence-corrected chi connectivity index (χ1v) is 7.99. The van der Waals surface area contributed by atoms with Crippen LogP contribution in [0.15, 0.2) is 36.4 Å². The summed E-state index contributed by atoms with van der Waals surface area (Å²) in [5, 5.41) is 9.79. The molecule has 1 N–H and O–H groups in total. The van der Waals surface area contributed by atoms with Gasteiger partial charge in [-0.25, -0.2) is 4.90 Å². The number of amides is 2. The molecule has 4 atom stereocenters. The summed E-state index contributed by atoms with van der Waals surface area (Å²) in [5.41, 5.74) is -1.74. The molecule has 0 unspecified atom stereocenters. The Morgan fingerprint density at radius 3 is 2.68 bits per heavy atom. The van der Waals surface area contributed by atoms with Crippen molar-refractivity contribution in [2.45, 2.75) is 25.0 Å². The second-order valence-corrected chi connectivity index (χ2v) is 6.79. The number of aliphatic hydroxyl groups is 1. The third-order valence-corrected chi connectivity index (χ3v) is 5.14. The molecule has 0 spiro atoms. The summed E-state index contributed by atoms with van der Waals surface area (Å²) < 4.78 is 10.9. The summed E-state index contributed by atoms with van der Waals surface area (Å²) >= 11 is 0. The van der Waals surface area contributed by atoms with E-state index in [2.05, 4.69) is 0 Å². The summed E-state index contributed by atoms with van der Waals surface area (Å²) in [5.74, 6) is -2.49. The summed E-state index contributed by atoms with van der Waals surface area (Å²) in [4.78, 5) is 38.2. The molecule has 0 radical (unpaired) electrons. The number of fused-ring (bicyclic) bond motifs is 5. The molecule has 0 aliphatic carbocycles. The van der Waals surface area contributed by atoms with Crippen molar-refractivity contribution in [1.82, 2.24) is 0 Å². The highest BCUT2D eigenvalue weighted by Crippen LogP contribution is 2.57. The van der Waals surface area contributed by atoms with E-state index in [9.17, 15) is 19.5 Å². The minimum Gasteiger partial charge on any atom is -0.427 e. The lowest BCUT2D eigenvalue weighted by Crippen LogP contribution is -2.43. The van der Waals surface area contributed by atoms with E-state index in [0.29, 0.717) is 5.69 Å². The second-order valence-electron chi connectivity index (χ2n) is 6.79. The molecule has 7 nitrogen and oxygen atoms in total. The molecule has 4 rings (SSSR count). The van der Waals surface area contributed by atoms with E-state index >= 15 is 0 Å². The highest BCUT2D eigenvalue weighted by molar-refractivity contribution is 6.23. The number of rotatable bonds is 3. The molecule has 2 bridgehead atoms. The fourth-order valence-corrected chi connectivity index (χ4v) is 4.15. The predicted molar refractivity (Wildman–Crippen MR) is 85.7 cm³/mol. The molecular formula is C18H17NO6. The van der Waals surface area contributed by atoms with Gasteiger partial charge < -0.3 is 14.6 Å². The molecule has 1 aromatic carbocycles. The van der Waals surface area contributed by atoms with Crippen LogP contribution in [-0.2, 0) is 19.1 Å². The number of nitrogens with zero attached hydrogens (tertiary/aromatic N) is 1. The first kappa shape index (κ1) is 16.0. The number of imide groups is 1. The lowest BCUT2D eigenvalue weighted by atomic mass is 9.73. The minimum absolute atomic E-state index is 0.253. The maximum absolute atomic E-state index is 13.0. The van der Waals surface area contributed by atoms with Crippen molar-refractivity contribution >= 4 is 23.5 Å². The number of ether oxygens (including phenoxy) is 2. The van der Waals surface area contributed by atoms with E-state index in [1.165, 1.54) is 13.0 Å². The first-order valence-electron chi connectivity index (χ1n) is 7.99. The van der Waals surface area contributed by atoms with Gasteiger partial charge in [-0.1, -0.05) is 18.2 Å². The summed E-state index contributed by atoms with van der Waals surface area (Å²) in [6.45, 7) is 2.64. The van der Waals surface area contributed by atoms with Gasteiger partial charge in [0.2, 0.25) is 11.8 Å². The van der Waals surface area contributed by atoms with Crippen molar-refractivity contribution in [2.75, 3.05) is 11.5 Å². The zero-order chi connectivity index (χ0) is 18.0. The van der Waals surface area contributed by atoms with Gasteiger partial charge in [-0.15, -0.1) is 0 Å². The van der Waals surface area contributed by atoms with Gasteiger partial charge in [-0.3, -0.25) is 14.4 Å². The third-order valence-electron chi connectivity index (χ3n) is 5.14. The molecule has 130 valence electrons. The maximum atomic E-state index is 13.0.